The van der Waals surface area contributed by atoms with E-state index in [0.717, 1.165) is 16.4 Å². The molecular formula is C25H23BrN2O2S. The van der Waals surface area contributed by atoms with Crippen molar-refractivity contribution in [1.29, 1.82) is 0 Å². The van der Waals surface area contributed by atoms with Crippen molar-refractivity contribution in [3.63, 3.8) is 0 Å². The van der Waals surface area contributed by atoms with Crippen molar-refractivity contribution < 1.29 is 31.4 Å². The lowest BCUT2D eigenvalue weighted by Gasteiger charge is -2.25. The number of aliphatic carboxylic acids is 1. The number of benzene rings is 3. The Morgan fingerprint density at radius 1 is 1.10 bits per heavy atom. The lowest BCUT2D eigenvalue weighted by Crippen LogP contribution is -3.00. The summed E-state index contributed by atoms with van der Waals surface area (Å²) in [5, 5.41) is 13.1. The number of anilines is 1. The molecule has 0 radical (unpaired) electrons. The Hall–Kier alpha value is -2.70. The van der Waals surface area contributed by atoms with Gasteiger partial charge in [-0.25, -0.2) is 0 Å². The van der Waals surface area contributed by atoms with E-state index in [0.29, 0.717) is 0 Å². The van der Waals surface area contributed by atoms with Crippen LogP contribution in [0.25, 0.3) is 27.1 Å². The average Bonchev–Trinajstić information content (AvgIpc) is 3.15. The second-order valence-electron chi connectivity index (χ2n) is 8.28. The highest BCUT2D eigenvalue weighted by Crippen LogP contribution is 2.51. The van der Waals surface area contributed by atoms with E-state index in [1.807, 2.05) is 29.2 Å². The van der Waals surface area contributed by atoms with E-state index in [-0.39, 0.29) is 28.9 Å². The van der Waals surface area contributed by atoms with Gasteiger partial charge in [-0.15, -0.1) is 0 Å². The number of halogens is 1. The predicted octanol–water partition coefficient (Wildman–Crippen LogP) is 2.11. The van der Waals surface area contributed by atoms with E-state index in [1.54, 1.807) is 11.3 Å². The Kier molecular flexibility index (Phi) is 5.40. The number of aryl methyl sites for hydroxylation is 1. The Bertz CT molecular complexity index is 1360. The lowest BCUT2D eigenvalue weighted by atomic mass is 9.81. The molecule has 2 heterocycles. The fourth-order valence-electron chi connectivity index (χ4n) is 4.66. The maximum absolute atomic E-state index is 11.8. The number of hydrogen-bond donors (Lipinski definition) is 1. The molecule has 4 aromatic rings. The zero-order chi connectivity index (χ0) is 21.0. The van der Waals surface area contributed by atoms with Gasteiger partial charge in [-0.1, -0.05) is 67.6 Å². The first-order chi connectivity index (χ1) is 14.4. The van der Waals surface area contributed by atoms with Gasteiger partial charge in [0.1, 0.15) is 18.3 Å². The highest BCUT2D eigenvalue weighted by atomic mass is 79.9. The van der Waals surface area contributed by atoms with Crippen LogP contribution in [0.4, 0.5) is 5.69 Å². The van der Waals surface area contributed by atoms with Gasteiger partial charge < -0.3 is 27.0 Å². The summed E-state index contributed by atoms with van der Waals surface area (Å²) in [5.74, 6) is -0.835. The fourth-order valence-corrected chi connectivity index (χ4v) is 5.75. The minimum absolute atomic E-state index is 0. The highest BCUT2D eigenvalue weighted by Gasteiger charge is 2.42. The van der Waals surface area contributed by atoms with Crippen LogP contribution >= 0.6 is 11.3 Å². The molecule has 0 amide bonds. The first-order valence-corrected chi connectivity index (χ1v) is 10.8. The number of carboxylic acids is 1. The van der Waals surface area contributed by atoms with Gasteiger partial charge in [0, 0.05) is 28.9 Å². The molecule has 0 saturated carbocycles. The average molecular weight is 495 g/mol. The van der Waals surface area contributed by atoms with Crippen molar-refractivity contribution in [2.24, 2.45) is 7.05 Å². The third-order valence-electron chi connectivity index (χ3n) is 6.08. The smallest absolute Gasteiger partial charge is 0.323 e. The van der Waals surface area contributed by atoms with Crippen LogP contribution < -0.4 is 26.4 Å². The highest BCUT2D eigenvalue weighted by molar-refractivity contribution is 7.18. The summed E-state index contributed by atoms with van der Waals surface area (Å²) in [6.07, 6.45) is 2.17. The predicted molar refractivity (Wildman–Crippen MR) is 123 cm³/mol. The van der Waals surface area contributed by atoms with Crippen molar-refractivity contribution in [2.75, 3.05) is 11.4 Å². The number of fused-ring (bicyclic) bond motifs is 4. The van der Waals surface area contributed by atoms with Crippen molar-refractivity contribution in [1.82, 2.24) is 0 Å². The molecule has 0 saturated heterocycles. The minimum atomic E-state index is -0.835. The number of hydrogen-bond acceptors (Lipinski definition) is 3. The molecule has 1 aliphatic rings. The molecule has 0 unspecified atom stereocenters. The van der Waals surface area contributed by atoms with E-state index in [4.69, 9.17) is 0 Å². The van der Waals surface area contributed by atoms with E-state index >= 15 is 0 Å². The minimum Gasteiger partial charge on any atom is -1.00 e. The Balaban J connectivity index is 0.00000231. The first kappa shape index (κ1) is 21.5. The molecule has 0 bridgehead atoms. The Morgan fingerprint density at radius 3 is 2.55 bits per heavy atom. The van der Waals surface area contributed by atoms with Gasteiger partial charge in [0.2, 0.25) is 5.52 Å². The summed E-state index contributed by atoms with van der Waals surface area (Å²) in [6.45, 7) is 4.33. The van der Waals surface area contributed by atoms with Gasteiger partial charge in [0.25, 0.3) is 5.01 Å². The monoisotopic (exact) mass is 494 g/mol. The number of para-hydroxylation sites is 1. The van der Waals surface area contributed by atoms with E-state index in [2.05, 4.69) is 67.9 Å². The van der Waals surface area contributed by atoms with Crippen LogP contribution in [0.2, 0.25) is 0 Å². The van der Waals surface area contributed by atoms with E-state index in [1.165, 1.54) is 26.6 Å². The summed E-state index contributed by atoms with van der Waals surface area (Å²) < 4.78 is 3.40. The molecule has 31 heavy (non-hydrogen) atoms. The number of thiazole rings is 1. The molecule has 0 fully saturated rings. The van der Waals surface area contributed by atoms with Gasteiger partial charge in [0.15, 0.2) is 0 Å². The molecule has 4 nitrogen and oxygen atoms in total. The molecule has 5 rings (SSSR count). The zero-order valence-electron chi connectivity index (χ0n) is 17.6. The summed E-state index contributed by atoms with van der Waals surface area (Å²) >= 11 is 1.73. The zero-order valence-corrected chi connectivity index (χ0v) is 20.0. The standard InChI is InChI=1S/C25H22N2O2S.BrH/c1-25(2)21(14-22-26(3)18-10-6-7-11-20(18)30-22)27(15-23(28)29)19-13-12-16-8-4-5-9-17(16)24(19)25;/h4-14H,15H2,1-3H3;1H. The fraction of sp³-hybridized carbons (Fsp3) is 0.200. The molecular weight excluding hydrogens is 472 g/mol. The number of aromatic nitrogens is 1. The topological polar surface area (TPSA) is 44.4 Å². The van der Waals surface area contributed by atoms with E-state index < -0.39 is 5.97 Å². The number of rotatable bonds is 3. The number of allylic oxidation sites excluding steroid dienone is 1. The number of carbonyl (C=O) groups is 1. The third-order valence-corrected chi connectivity index (χ3v) is 7.25. The van der Waals surface area contributed by atoms with Crippen LogP contribution in [0.1, 0.15) is 24.4 Å². The first-order valence-electron chi connectivity index (χ1n) is 9.99. The third kappa shape index (κ3) is 3.34. The Labute approximate surface area is 195 Å². The number of nitrogens with zero attached hydrogens (tertiary/aromatic N) is 2. The van der Waals surface area contributed by atoms with E-state index in [9.17, 15) is 9.90 Å². The van der Waals surface area contributed by atoms with Crippen molar-refractivity contribution in [3.8, 4) is 0 Å². The van der Waals surface area contributed by atoms with Gasteiger partial charge in [-0.2, -0.15) is 4.57 Å². The molecule has 6 heteroatoms. The van der Waals surface area contributed by atoms with Crippen LogP contribution in [-0.2, 0) is 17.3 Å². The number of carboxylic acid groups (broad SMARTS) is 1. The van der Waals surface area contributed by atoms with Crippen molar-refractivity contribution >= 4 is 50.1 Å². The molecule has 158 valence electrons. The molecule has 0 atom stereocenters. The molecule has 1 aliphatic heterocycles. The second kappa shape index (κ2) is 7.77. The van der Waals surface area contributed by atoms with Gasteiger partial charge in [-0.3, -0.25) is 4.79 Å². The maximum Gasteiger partial charge on any atom is 0.323 e. The molecule has 0 aliphatic carbocycles. The Morgan fingerprint density at radius 2 is 1.81 bits per heavy atom. The van der Waals surface area contributed by atoms with Crippen molar-refractivity contribution in [3.05, 3.63) is 76.9 Å². The van der Waals surface area contributed by atoms with Gasteiger partial charge in [-0.05, 0) is 28.5 Å². The molecule has 1 aromatic heterocycles. The van der Waals surface area contributed by atoms with Crippen LogP contribution in [0.5, 0.6) is 0 Å². The van der Waals surface area contributed by atoms with Gasteiger partial charge >= 0.3 is 5.97 Å². The maximum atomic E-state index is 11.8. The summed E-state index contributed by atoms with van der Waals surface area (Å²) in [6, 6.07) is 20.8. The quantitative estimate of drug-likeness (QED) is 0.443. The lowest BCUT2D eigenvalue weighted by molar-refractivity contribution is -0.642. The molecule has 1 N–H and O–H groups in total. The summed E-state index contributed by atoms with van der Waals surface area (Å²) in [5.41, 5.74) is 4.04. The van der Waals surface area contributed by atoms with Crippen LogP contribution in [0, 0.1) is 0 Å². The second-order valence-corrected chi connectivity index (χ2v) is 9.34. The molecule has 0 spiro atoms. The van der Waals surface area contributed by atoms with Crippen LogP contribution in [-0.4, -0.2) is 17.6 Å². The largest absolute Gasteiger partial charge is 1.00 e. The summed E-state index contributed by atoms with van der Waals surface area (Å²) in [7, 11) is 2.07. The molecule has 3 aromatic carbocycles. The SMILES string of the molecule is C[n+]1c(C=C2N(CC(=O)O)c3ccc4ccccc4c3C2(C)C)sc2ccccc21.[Br-]. The normalized spacial score (nSPS) is 16.0. The van der Waals surface area contributed by atoms with Crippen molar-refractivity contribution in [2.45, 2.75) is 19.3 Å². The van der Waals surface area contributed by atoms with Gasteiger partial charge in [0.05, 0.1) is 0 Å². The van der Waals surface area contributed by atoms with Crippen LogP contribution in [0.3, 0.4) is 0 Å². The summed E-state index contributed by atoms with van der Waals surface area (Å²) in [4.78, 5) is 13.7. The van der Waals surface area contributed by atoms with Crippen LogP contribution in [0.15, 0.2) is 66.4 Å².